The van der Waals surface area contributed by atoms with Crippen LogP contribution in [0.25, 0.3) is 16.9 Å². The van der Waals surface area contributed by atoms with E-state index in [-0.39, 0.29) is 5.41 Å². The second-order valence-electron chi connectivity index (χ2n) is 10.6. The molecule has 2 aromatic heterocycles. The van der Waals surface area contributed by atoms with Crippen LogP contribution in [-0.2, 0) is 14.3 Å². The second kappa shape index (κ2) is 8.45. The molecule has 0 aliphatic carbocycles. The lowest BCUT2D eigenvalue weighted by Gasteiger charge is -2.31. The first kappa shape index (κ1) is 23.2. The van der Waals surface area contributed by atoms with Crippen LogP contribution < -0.4 is 4.90 Å². The first-order valence-electron chi connectivity index (χ1n) is 11.5. The Morgan fingerprint density at radius 2 is 1.88 bits per heavy atom. The van der Waals surface area contributed by atoms with Gasteiger partial charge in [-0.1, -0.05) is 44.2 Å². The minimum absolute atomic E-state index is 0.155. The predicted octanol–water partition coefficient (Wildman–Crippen LogP) is 4.97. The summed E-state index contributed by atoms with van der Waals surface area (Å²) in [5.74, 6) is 0.411. The van der Waals surface area contributed by atoms with Gasteiger partial charge in [-0.15, -0.1) is 0 Å². The van der Waals surface area contributed by atoms with Crippen molar-refractivity contribution in [2.24, 2.45) is 5.41 Å². The zero-order valence-corrected chi connectivity index (χ0v) is 20.7. The van der Waals surface area contributed by atoms with E-state index in [9.17, 15) is 4.79 Å². The number of aromatic nitrogens is 3. The van der Waals surface area contributed by atoms with E-state index in [1.54, 1.807) is 0 Å². The Labute approximate surface area is 195 Å². The van der Waals surface area contributed by atoms with E-state index in [4.69, 9.17) is 19.6 Å². The monoisotopic (exact) mass is 450 g/mol. The van der Waals surface area contributed by atoms with E-state index >= 15 is 0 Å². The van der Waals surface area contributed by atoms with Crippen LogP contribution in [0, 0.1) is 12.3 Å². The Morgan fingerprint density at radius 3 is 2.45 bits per heavy atom. The number of carbonyl (C=O) groups excluding carboxylic acids is 1. The van der Waals surface area contributed by atoms with Gasteiger partial charge >= 0.3 is 5.97 Å². The van der Waals surface area contributed by atoms with Gasteiger partial charge in [-0.25, -0.2) is 9.78 Å². The molecule has 1 aromatic carbocycles. The van der Waals surface area contributed by atoms with Gasteiger partial charge in [0.25, 0.3) is 0 Å². The number of benzene rings is 1. The third-order valence-corrected chi connectivity index (χ3v) is 6.00. The molecule has 7 heteroatoms. The molecule has 0 bridgehead atoms. The molecule has 1 aliphatic heterocycles. The largest absolute Gasteiger partial charge is 0.467 e. The predicted molar refractivity (Wildman–Crippen MR) is 129 cm³/mol. The number of anilines is 1. The smallest absolute Gasteiger partial charge is 0.339 e. The molecule has 0 radical (unpaired) electrons. The molecule has 1 fully saturated rings. The van der Waals surface area contributed by atoms with Crippen molar-refractivity contribution in [2.45, 2.75) is 59.7 Å². The maximum absolute atomic E-state index is 13.0. The van der Waals surface area contributed by atoms with Crippen LogP contribution in [0.5, 0.6) is 0 Å². The summed E-state index contributed by atoms with van der Waals surface area (Å²) in [4.78, 5) is 20.1. The third-order valence-electron chi connectivity index (χ3n) is 6.00. The maximum atomic E-state index is 13.0. The molecule has 7 nitrogen and oxygen atoms in total. The van der Waals surface area contributed by atoms with Crippen molar-refractivity contribution in [1.29, 1.82) is 0 Å². The van der Waals surface area contributed by atoms with E-state index in [1.165, 1.54) is 7.11 Å². The van der Waals surface area contributed by atoms with E-state index in [2.05, 4.69) is 18.7 Å². The number of rotatable bonds is 5. The van der Waals surface area contributed by atoms with Crippen LogP contribution in [0.15, 0.2) is 36.4 Å². The molecule has 0 unspecified atom stereocenters. The summed E-state index contributed by atoms with van der Waals surface area (Å²) in [6, 6.07) is 12.1. The van der Waals surface area contributed by atoms with Gasteiger partial charge in [-0.05, 0) is 39.5 Å². The standard InChI is InChI=1S/C26H34N4O3/c1-17-21(22(24(31)32-7)33-25(2,3)4)23(29-14-13-26(5,6)16-29)30-20(27-17)15-19(28-30)18-11-9-8-10-12-18/h8-12,15,22H,13-14,16H2,1-7H3/t22-/m0/s1. The van der Waals surface area contributed by atoms with Crippen LogP contribution in [0.2, 0.25) is 0 Å². The van der Waals surface area contributed by atoms with Crippen molar-refractivity contribution in [1.82, 2.24) is 14.6 Å². The zero-order valence-electron chi connectivity index (χ0n) is 20.7. The van der Waals surface area contributed by atoms with Crippen molar-refractivity contribution in [3.8, 4) is 11.3 Å². The van der Waals surface area contributed by atoms with Crippen LogP contribution in [0.1, 0.15) is 58.4 Å². The molecular weight excluding hydrogens is 416 g/mol. The highest BCUT2D eigenvalue weighted by Gasteiger charge is 2.38. The number of ether oxygens (including phenoxy) is 2. The van der Waals surface area contributed by atoms with Gasteiger partial charge in [0.05, 0.1) is 24.0 Å². The summed E-state index contributed by atoms with van der Waals surface area (Å²) in [6.07, 6.45) is 0.139. The molecule has 0 N–H and O–H groups in total. The molecular formula is C26H34N4O3. The minimum atomic E-state index is -0.907. The van der Waals surface area contributed by atoms with Crippen molar-refractivity contribution in [3.63, 3.8) is 0 Å². The van der Waals surface area contributed by atoms with Gasteiger partial charge in [0.15, 0.2) is 11.8 Å². The lowest BCUT2D eigenvalue weighted by molar-refractivity contribution is -0.164. The van der Waals surface area contributed by atoms with Crippen LogP contribution in [0.4, 0.5) is 5.82 Å². The SMILES string of the molecule is COC(=O)[C@@H](OC(C)(C)C)c1c(C)nc2cc(-c3ccccc3)nn2c1N1CCC(C)(C)C1. The Kier molecular flexibility index (Phi) is 5.95. The molecule has 3 aromatic rings. The Balaban J connectivity index is 1.97. The summed E-state index contributed by atoms with van der Waals surface area (Å²) in [6.45, 7) is 14.0. The van der Waals surface area contributed by atoms with Crippen molar-refractivity contribution in [2.75, 3.05) is 25.1 Å². The number of hydrogen-bond donors (Lipinski definition) is 0. The number of hydrogen-bond acceptors (Lipinski definition) is 6. The zero-order chi connectivity index (χ0) is 24.0. The summed E-state index contributed by atoms with van der Waals surface area (Å²) in [5, 5.41) is 4.95. The van der Waals surface area contributed by atoms with Gasteiger partial charge in [0, 0.05) is 30.4 Å². The molecule has 1 atom stereocenters. The Morgan fingerprint density at radius 1 is 1.18 bits per heavy atom. The molecule has 0 saturated carbocycles. The lowest BCUT2D eigenvalue weighted by atomic mass is 9.93. The summed E-state index contributed by atoms with van der Waals surface area (Å²) >= 11 is 0. The highest BCUT2D eigenvalue weighted by molar-refractivity contribution is 5.80. The number of nitrogens with zero attached hydrogens (tertiary/aromatic N) is 4. The Hall–Kier alpha value is -2.93. The first-order valence-corrected chi connectivity index (χ1v) is 11.5. The summed E-state index contributed by atoms with van der Waals surface area (Å²) in [7, 11) is 1.39. The highest BCUT2D eigenvalue weighted by atomic mass is 16.6. The fraction of sp³-hybridized carbons (Fsp3) is 0.500. The molecule has 176 valence electrons. The van der Waals surface area contributed by atoms with Crippen molar-refractivity contribution >= 4 is 17.4 Å². The van der Waals surface area contributed by atoms with Crippen LogP contribution in [0.3, 0.4) is 0 Å². The molecule has 0 amide bonds. The summed E-state index contributed by atoms with van der Waals surface area (Å²) in [5.41, 5.74) is 3.65. The highest BCUT2D eigenvalue weighted by Crippen LogP contribution is 2.40. The summed E-state index contributed by atoms with van der Waals surface area (Å²) < 4.78 is 13.3. The van der Waals surface area contributed by atoms with Crippen LogP contribution >= 0.6 is 0 Å². The third kappa shape index (κ3) is 4.74. The Bertz CT molecular complexity index is 1160. The van der Waals surface area contributed by atoms with Gasteiger partial charge in [0.2, 0.25) is 0 Å². The van der Waals surface area contributed by atoms with Crippen molar-refractivity contribution < 1.29 is 14.3 Å². The number of carbonyl (C=O) groups is 1. The molecule has 33 heavy (non-hydrogen) atoms. The molecule has 0 spiro atoms. The minimum Gasteiger partial charge on any atom is -0.467 e. The fourth-order valence-electron chi connectivity index (χ4n) is 4.45. The van der Waals surface area contributed by atoms with E-state index < -0.39 is 17.7 Å². The van der Waals surface area contributed by atoms with Gasteiger partial charge in [0.1, 0.15) is 5.82 Å². The lowest BCUT2D eigenvalue weighted by Crippen LogP contribution is -2.33. The second-order valence-corrected chi connectivity index (χ2v) is 10.6. The first-order chi connectivity index (χ1) is 15.5. The molecule has 1 aliphatic rings. The van der Waals surface area contributed by atoms with Crippen molar-refractivity contribution in [3.05, 3.63) is 47.7 Å². The number of esters is 1. The normalized spacial score (nSPS) is 16.9. The van der Waals surface area contributed by atoms with Gasteiger partial charge in [-0.3, -0.25) is 0 Å². The van der Waals surface area contributed by atoms with Gasteiger partial charge < -0.3 is 14.4 Å². The molecule has 1 saturated heterocycles. The van der Waals surface area contributed by atoms with E-state index in [0.717, 1.165) is 47.9 Å². The van der Waals surface area contributed by atoms with E-state index in [0.29, 0.717) is 5.56 Å². The topological polar surface area (TPSA) is 69.0 Å². The number of fused-ring (bicyclic) bond motifs is 1. The average Bonchev–Trinajstić information content (AvgIpc) is 3.33. The van der Waals surface area contributed by atoms with Crippen LogP contribution in [-0.4, -0.2) is 46.4 Å². The van der Waals surface area contributed by atoms with E-state index in [1.807, 2.05) is 68.6 Å². The number of aryl methyl sites for hydroxylation is 1. The number of methoxy groups -OCH3 is 1. The van der Waals surface area contributed by atoms with Gasteiger partial charge in [-0.2, -0.15) is 9.61 Å². The fourth-order valence-corrected chi connectivity index (χ4v) is 4.45. The average molecular weight is 451 g/mol. The molecule has 4 rings (SSSR count). The maximum Gasteiger partial charge on any atom is 0.339 e. The molecule has 3 heterocycles. The quantitative estimate of drug-likeness (QED) is 0.511.